The van der Waals surface area contributed by atoms with Crippen LogP contribution < -0.4 is 10.6 Å². The van der Waals surface area contributed by atoms with Gasteiger partial charge in [-0.15, -0.1) is 0 Å². The van der Waals surface area contributed by atoms with Crippen LogP contribution in [0.25, 0.3) is 0 Å². The number of esters is 1. The Morgan fingerprint density at radius 1 is 1.04 bits per heavy atom. The molecule has 26 heavy (non-hydrogen) atoms. The first-order chi connectivity index (χ1) is 12.7. The first-order valence-electron chi connectivity index (χ1n) is 8.46. The maximum absolute atomic E-state index is 12.2. The van der Waals surface area contributed by atoms with Crippen LogP contribution in [0.15, 0.2) is 59.6 Å². The number of hydrogen-bond acceptors (Lipinski definition) is 4. The van der Waals surface area contributed by atoms with Crippen LogP contribution in [0.4, 0.5) is 0 Å². The summed E-state index contributed by atoms with van der Waals surface area (Å²) in [4.78, 5) is 16.4. The van der Waals surface area contributed by atoms with Crippen LogP contribution >= 0.6 is 0 Å². The van der Waals surface area contributed by atoms with Crippen LogP contribution in [0.3, 0.4) is 0 Å². The number of rotatable bonds is 8. The molecule has 0 fully saturated rings. The number of hydrogen-bond donors (Lipinski definition) is 2. The lowest BCUT2D eigenvalue weighted by Gasteiger charge is -2.12. The molecule has 0 unspecified atom stereocenters. The van der Waals surface area contributed by atoms with Crippen molar-refractivity contribution in [2.24, 2.45) is 4.99 Å². The predicted molar refractivity (Wildman–Crippen MR) is 102 cm³/mol. The highest BCUT2D eigenvalue weighted by Gasteiger charge is 2.08. The van der Waals surface area contributed by atoms with Gasteiger partial charge in [0.25, 0.3) is 0 Å². The van der Waals surface area contributed by atoms with E-state index in [9.17, 15) is 4.79 Å². The van der Waals surface area contributed by atoms with E-state index in [1.165, 1.54) is 0 Å². The minimum Gasteiger partial charge on any atom is -0.457 e. The van der Waals surface area contributed by atoms with Crippen molar-refractivity contribution >= 4 is 11.9 Å². The lowest BCUT2D eigenvalue weighted by molar-refractivity contribution is 0.0472. The zero-order chi connectivity index (χ0) is 18.6. The molecule has 0 aliphatic heterocycles. The Morgan fingerprint density at radius 2 is 1.81 bits per heavy atom. The Labute approximate surface area is 154 Å². The molecule has 6 nitrogen and oxygen atoms in total. The molecule has 0 spiro atoms. The Balaban J connectivity index is 1.87. The van der Waals surface area contributed by atoms with Gasteiger partial charge in [-0.2, -0.15) is 0 Å². The van der Waals surface area contributed by atoms with Crippen LogP contribution in [0.2, 0.25) is 0 Å². The van der Waals surface area contributed by atoms with Crippen molar-refractivity contribution in [1.82, 2.24) is 10.6 Å². The zero-order valence-corrected chi connectivity index (χ0v) is 15.2. The molecule has 0 saturated heterocycles. The van der Waals surface area contributed by atoms with Gasteiger partial charge in [0.2, 0.25) is 0 Å². The molecule has 0 amide bonds. The minimum absolute atomic E-state index is 0.262. The summed E-state index contributed by atoms with van der Waals surface area (Å²) >= 11 is 0. The van der Waals surface area contributed by atoms with Crippen LogP contribution in [0.5, 0.6) is 0 Å². The quantitative estimate of drug-likeness (QED) is 0.329. The van der Waals surface area contributed by atoms with Gasteiger partial charge in [-0.3, -0.25) is 4.99 Å². The molecule has 138 valence electrons. The largest absolute Gasteiger partial charge is 0.457 e. The molecule has 2 aromatic rings. The molecule has 6 heteroatoms. The number of nitrogens with one attached hydrogen (secondary N) is 2. The molecule has 0 radical (unpaired) electrons. The Hall–Kier alpha value is -2.86. The molecule has 0 aliphatic rings. The highest BCUT2D eigenvalue weighted by Crippen LogP contribution is 2.09. The van der Waals surface area contributed by atoms with E-state index in [1.807, 2.05) is 48.5 Å². The number of carbonyl (C=O) groups excluding carboxylic acids is 1. The monoisotopic (exact) mass is 355 g/mol. The van der Waals surface area contributed by atoms with Gasteiger partial charge in [0.05, 0.1) is 12.2 Å². The highest BCUT2D eigenvalue weighted by molar-refractivity contribution is 5.89. The smallest absolute Gasteiger partial charge is 0.338 e. The summed E-state index contributed by atoms with van der Waals surface area (Å²) in [5.74, 6) is 0.345. The first kappa shape index (κ1) is 19.5. The average Bonchev–Trinajstić information content (AvgIpc) is 2.69. The molecule has 2 N–H and O–H groups in total. The van der Waals surface area contributed by atoms with E-state index >= 15 is 0 Å². The molecule has 0 atom stereocenters. The van der Waals surface area contributed by atoms with Gasteiger partial charge < -0.3 is 20.1 Å². The van der Waals surface area contributed by atoms with Crippen molar-refractivity contribution in [1.29, 1.82) is 0 Å². The fraction of sp³-hybridized carbons (Fsp3) is 0.300. The molecule has 0 saturated carbocycles. The zero-order valence-electron chi connectivity index (χ0n) is 15.2. The Morgan fingerprint density at radius 3 is 2.54 bits per heavy atom. The van der Waals surface area contributed by atoms with Crippen LogP contribution in [-0.2, 0) is 22.6 Å². The molecule has 2 rings (SSSR count). The van der Waals surface area contributed by atoms with Crippen LogP contribution in [0.1, 0.15) is 21.5 Å². The normalized spacial score (nSPS) is 11.1. The summed E-state index contributed by atoms with van der Waals surface area (Å²) in [5, 5.41) is 6.34. The van der Waals surface area contributed by atoms with Gasteiger partial charge in [-0.05, 0) is 23.3 Å². The average molecular weight is 355 g/mol. The molecule has 2 aromatic carbocycles. The summed E-state index contributed by atoms with van der Waals surface area (Å²) < 4.78 is 10.4. The standard InChI is InChI=1S/C20H25N3O3/c1-21-20(22-11-12-25-2)23-14-17-9-6-10-18(13-17)19(24)26-15-16-7-4-3-5-8-16/h3-10,13H,11-12,14-15H2,1-2H3,(H2,21,22,23). The van der Waals surface area contributed by atoms with Gasteiger partial charge in [0, 0.05) is 27.2 Å². The summed E-state index contributed by atoms with van der Waals surface area (Å²) in [5.41, 5.74) is 2.46. The number of methoxy groups -OCH3 is 1. The maximum atomic E-state index is 12.2. The number of aliphatic imine (C=N–C) groups is 1. The third kappa shape index (κ3) is 6.57. The highest BCUT2D eigenvalue weighted by atomic mass is 16.5. The Kier molecular flexibility index (Phi) is 8.15. The fourth-order valence-electron chi connectivity index (χ4n) is 2.29. The summed E-state index contributed by atoms with van der Waals surface area (Å²) in [6.45, 7) is 2.08. The van der Waals surface area contributed by atoms with Crippen molar-refractivity contribution in [2.45, 2.75) is 13.2 Å². The van der Waals surface area contributed by atoms with Crippen molar-refractivity contribution in [3.8, 4) is 0 Å². The SMILES string of the molecule is CN=C(NCCOC)NCc1cccc(C(=O)OCc2ccccc2)c1. The van der Waals surface area contributed by atoms with Gasteiger partial charge >= 0.3 is 5.97 Å². The van der Waals surface area contributed by atoms with E-state index in [4.69, 9.17) is 9.47 Å². The lowest BCUT2D eigenvalue weighted by Crippen LogP contribution is -2.38. The van der Waals surface area contributed by atoms with E-state index in [0.29, 0.717) is 31.2 Å². The van der Waals surface area contributed by atoms with Crippen LogP contribution in [0, 0.1) is 0 Å². The van der Waals surface area contributed by atoms with Gasteiger partial charge in [-0.25, -0.2) is 4.79 Å². The van der Waals surface area contributed by atoms with Crippen molar-refractivity contribution in [3.05, 3.63) is 71.3 Å². The molecular weight excluding hydrogens is 330 g/mol. The summed E-state index contributed by atoms with van der Waals surface area (Å²) in [6, 6.07) is 17.0. The first-order valence-corrected chi connectivity index (χ1v) is 8.46. The topological polar surface area (TPSA) is 72.0 Å². The third-order valence-electron chi connectivity index (χ3n) is 3.66. The summed E-state index contributed by atoms with van der Waals surface area (Å²) in [7, 11) is 3.36. The van der Waals surface area contributed by atoms with Crippen molar-refractivity contribution in [3.63, 3.8) is 0 Å². The third-order valence-corrected chi connectivity index (χ3v) is 3.66. The van der Waals surface area contributed by atoms with Crippen LogP contribution in [-0.4, -0.2) is 39.2 Å². The number of benzene rings is 2. The number of nitrogens with zero attached hydrogens (tertiary/aromatic N) is 1. The minimum atomic E-state index is -0.335. The predicted octanol–water partition coefficient (Wildman–Crippen LogP) is 2.35. The number of ether oxygens (including phenoxy) is 2. The van der Waals surface area contributed by atoms with Gasteiger partial charge in [0.15, 0.2) is 5.96 Å². The van der Waals surface area contributed by atoms with Gasteiger partial charge in [-0.1, -0.05) is 42.5 Å². The van der Waals surface area contributed by atoms with E-state index in [0.717, 1.165) is 11.1 Å². The molecule has 0 aromatic heterocycles. The fourth-order valence-corrected chi connectivity index (χ4v) is 2.29. The van der Waals surface area contributed by atoms with E-state index < -0.39 is 0 Å². The van der Waals surface area contributed by atoms with E-state index in [1.54, 1.807) is 20.2 Å². The Bertz CT molecular complexity index is 717. The molecule has 0 bridgehead atoms. The maximum Gasteiger partial charge on any atom is 0.338 e. The lowest BCUT2D eigenvalue weighted by atomic mass is 10.1. The van der Waals surface area contributed by atoms with Crippen molar-refractivity contribution < 1.29 is 14.3 Å². The summed E-state index contributed by atoms with van der Waals surface area (Å²) in [6.07, 6.45) is 0. The molecular formula is C20H25N3O3. The van der Waals surface area contributed by atoms with E-state index in [2.05, 4.69) is 15.6 Å². The van der Waals surface area contributed by atoms with Gasteiger partial charge in [0.1, 0.15) is 6.61 Å². The second-order valence-corrected chi connectivity index (χ2v) is 5.61. The number of guanidine groups is 1. The van der Waals surface area contributed by atoms with E-state index in [-0.39, 0.29) is 12.6 Å². The van der Waals surface area contributed by atoms with Crippen molar-refractivity contribution in [2.75, 3.05) is 27.3 Å². The number of carbonyl (C=O) groups is 1. The second-order valence-electron chi connectivity index (χ2n) is 5.61. The molecule has 0 heterocycles. The molecule has 0 aliphatic carbocycles. The second kappa shape index (κ2) is 10.9.